The molecule has 1 aliphatic heterocycles. The maximum absolute atomic E-state index is 12.9. The molecule has 0 radical (unpaired) electrons. The van der Waals surface area contributed by atoms with E-state index in [0.717, 1.165) is 29.3 Å². The lowest BCUT2D eigenvalue weighted by atomic mass is 9.72. The van der Waals surface area contributed by atoms with Crippen molar-refractivity contribution in [2.45, 2.75) is 32.1 Å². The minimum Gasteiger partial charge on any atom is -0.381 e. The number of aromatic amines is 1. The lowest BCUT2D eigenvalue weighted by Crippen LogP contribution is -2.45. The fourth-order valence-corrected chi connectivity index (χ4v) is 4.11. The number of H-pyrrole nitrogens is 1. The van der Waals surface area contributed by atoms with Gasteiger partial charge in [-0.3, -0.25) is 9.89 Å². The monoisotopic (exact) mass is 363 g/mol. The van der Waals surface area contributed by atoms with Crippen LogP contribution >= 0.6 is 0 Å². The van der Waals surface area contributed by atoms with Crippen LogP contribution in [0.4, 0.5) is 0 Å². The molecular weight excluding hydrogens is 338 g/mol. The molecule has 1 amide bonds. The van der Waals surface area contributed by atoms with Crippen molar-refractivity contribution in [2.24, 2.45) is 0 Å². The molecular formula is C22H25N3O2. The number of amides is 1. The summed E-state index contributed by atoms with van der Waals surface area (Å²) in [4.78, 5) is 12.9. The molecule has 0 aliphatic carbocycles. The summed E-state index contributed by atoms with van der Waals surface area (Å²) in [5.74, 6) is -0.133. The Balaban J connectivity index is 1.60. The van der Waals surface area contributed by atoms with Gasteiger partial charge in [-0.2, -0.15) is 5.10 Å². The Morgan fingerprint density at radius 3 is 2.74 bits per heavy atom. The number of ether oxygens (including phenoxy) is 1. The Bertz CT molecular complexity index is 971. The third-order valence-corrected chi connectivity index (χ3v) is 5.69. The van der Waals surface area contributed by atoms with Gasteiger partial charge in [-0.15, -0.1) is 0 Å². The second-order valence-electron chi connectivity index (χ2n) is 7.51. The van der Waals surface area contributed by atoms with Crippen molar-refractivity contribution in [2.75, 3.05) is 19.8 Å². The Labute approximate surface area is 159 Å². The normalized spacial score (nSPS) is 16.4. The van der Waals surface area contributed by atoms with Crippen LogP contribution in [0.1, 0.15) is 40.0 Å². The molecule has 0 unspecified atom stereocenters. The zero-order chi connectivity index (χ0) is 18.9. The Kier molecular flexibility index (Phi) is 4.70. The molecule has 1 aliphatic rings. The van der Waals surface area contributed by atoms with Gasteiger partial charge in [0.25, 0.3) is 5.91 Å². The van der Waals surface area contributed by atoms with E-state index in [9.17, 15) is 4.79 Å². The molecule has 1 fully saturated rings. The van der Waals surface area contributed by atoms with Gasteiger partial charge in [-0.05, 0) is 49.9 Å². The van der Waals surface area contributed by atoms with E-state index in [1.165, 1.54) is 11.1 Å². The summed E-state index contributed by atoms with van der Waals surface area (Å²) < 4.78 is 5.61. The predicted molar refractivity (Wildman–Crippen MR) is 106 cm³/mol. The SMILES string of the molecule is Cc1ccc2[nH]nc(C(=O)NCC3(c4ccccc4C)CCOCC3)c2c1. The molecule has 0 saturated carbocycles. The van der Waals surface area contributed by atoms with Crippen LogP contribution in [0, 0.1) is 13.8 Å². The molecule has 5 heteroatoms. The quantitative estimate of drug-likeness (QED) is 0.743. The van der Waals surface area contributed by atoms with Crippen LogP contribution in [0.3, 0.4) is 0 Å². The fourth-order valence-electron chi connectivity index (χ4n) is 4.11. The van der Waals surface area contributed by atoms with Gasteiger partial charge in [0.15, 0.2) is 5.69 Å². The first kappa shape index (κ1) is 17.7. The molecule has 0 bridgehead atoms. The van der Waals surface area contributed by atoms with Crippen molar-refractivity contribution in [3.8, 4) is 0 Å². The number of nitrogens with one attached hydrogen (secondary N) is 2. The fraction of sp³-hybridized carbons (Fsp3) is 0.364. The summed E-state index contributed by atoms with van der Waals surface area (Å²) in [5, 5.41) is 11.2. The number of fused-ring (bicyclic) bond motifs is 1. The molecule has 2 heterocycles. The van der Waals surface area contributed by atoms with Crippen LogP contribution in [0.2, 0.25) is 0 Å². The Morgan fingerprint density at radius 2 is 1.96 bits per heavy atom. The van der Waals surface area contributed by atoms with Gasteiger partial charge in [0, 0.05) is 30.6 Å². The lowest BCUT2D eigenvalue weighted by Gasteiger charge is -2.38. The first-order valence-corrected chi connectivity index (χ1v) is 9.46. The smallest absolute Gasteiger partial charge is 0.272 e. The van der Waals surface area contributed by atoms with Gasteiger partial charge in [0.05, 0.1) is 5.52 Å². The maximum atomic E-state index is 12.9. The van der Waals surface area contributed by atoms with Crippen molar-refractivity contribution in [3.05, 3.63) is 64.8 Å². The van der Waals surface area contributed by atoms with Gasteiger partial charge in [0.1, 0.15) is 0 Å². The largest absolute Gasteiger partial charge is 0.381 e. The second kappa shape index (κ2) is 7.16. The molecule has 2 N–H and O–H groups in total. The number of nitrogens with zero attached hydrogens (tertiary/aromatic N) is 1. The minimum absolute atomic E-state index is 0.0960. The van der Waals surface area contributed by atoms with Gasteiger partial charge in [-0.25, -0.2) is 0 Å². The van der Waals surface area contributed by atoms with Crippen molar-refractivity contribution in [1.82, 2.24) is 15.5 Å². The molecule has 2 aromatic carbocycles. The highest BCUT2D eigenvalue weighted by Gasteiger charge is 2.36. The highest BCUT2D eigenvalue weighted by Crippen LogP contribution is 2.36. The van der Waals surface area contributed by atoms with Gasteiger partial charge in [-0.1, -0.05) is 35.9 Å². The van der Waals surface area contributed by atoms with Crippen LogP contribution in [-0.4, -0.2) is 35.9 Å². The first-order chi connectivity index (χ1) is 13.1. The third-order valence-electron chi connectivity index (χ3n) is 5.69. The zero-order valence-corrected chi connectivity index (χ0v) is 15.8. The number of aromatic nitrogens is 2. The summed E-state index contributed by atoms with van der Waals surface area (Å²) in [7, 11) is 0. The highest BCUT2D eigenvalue weighted by molar-refractivity contribution is 6.04. The zero-order valence-electron chi connectivity index (χ0n) is 15.8. The van der Waals surface area contributed by atoms with Crippen LogP contribution < -0.4 is 5.32 Å². The summed E-state index contributed by atoms with van der Waals surface area (Å²) in [6.07, 6.45) is 1.80. The lowest BCUT2D eigenvalue weighted by molar-refractivity contribution is 0.0485. The second-order valence-corrected chi connectivity index (χ2v) is 7.51. The first-order valence-electron chi connectivity index (χ1n) is 9.46. The van der Waals surface area contributed by atoms with Crippen molar-refractivity contribution < 1.29 is 9.53 Å². The number of hydrogen-bond donors (Lipinski definition) is 2. The van der Waals surface area contributed by atoms with Gasteiger partial charge < -0.3 is 10.1 Å². The number of rotatable bonds is 4. The van der Waals surface area contributed by atoms with Crippen molar-refractivity contribution in [3.63, 3.8) is 0 Å². The molecule has 1 aromatic heterocycles. The Morgan fingerprint density at radius 1 is 1.19 bits per heavy atom. The number of carbonyl (C=O) groups is 1. The van der Waals surface area contributed by atoms with E-state index >= 15 is 0 Å². The van der Waals surface area contributed by atoms with E-state index in [1.54, 1.807) is 0 Å². The Hall–Kier alpha value is -2.66. The molecule has 0 spiro atoms. The summed E-state index contributed by atoms with van der Waals surface area (Å²) >= 11 is 0. The standard InChI is InChI=1S/C22H25N3O2/c1-15-7-8-19-17(13-15)20(25-24-19)21(26)23-14-22(9-11-27-12-10-22)18-6-4-3-5-16(18)2/h3-8,13H,9-12,14H2,1-2H3,(H,23,26)(H,24,25). The van der Waals surface area contributed by atoms with E-state index in [-0.39, 0.29) is 11.3 Å². The molecule has 3 aromatic rings. The van der Waals surface area contributed by atoms with Gasteiger partial charge >= 0.3 is 0 Å². The molecule has 5 nitrogen and oxygen atoms in total. The van der Waals surface area contributed by atoms with E-state index in [0.29, 0.717) is 25.5 Å². The third kappa shape index (κ3) is 3.35. The number of aryl methyl sites for hydroxylation is 2. The molecule has 1 saturated heterocycles. The number of benzene rings is 2. The van der Waals surface area contributed by atoms with Crippen LogP contribution in [0.25, 0.3) is 10.9 Å². The van der Waals surface area contributed by atoms with Crippen LogP contribution in [-0.2, 0) is 10.2 Å². The maximum Gasteiger partial charge on any atom is 0.272 e. The summed E-state index contributed by atoms with van der Waals surface area (Å²) in [6, 6.07) is 14.4. The van der Waals surface area contributed by atoms with Crippen LogP contribution in [0.5, 0.6) is 0 Å². The predicted octanol–water partition coefficient (Wildman–Crippen LogP) is 3.66. The van der Waals surface area contributed by atoms with Crippen LogP contribution in [0.15, 0.2) is 42.5 Å². The van der Waals surface area contributed by atoms with Crippen molar-refractivity contribution >= 4 is 16.8 Å². The number of carbonyl (C=O) groups excluding carboxylic acids is 1. The highest BCUT2D eigenvalue weighted by atomic mass is 16.5. The topological polar surface area (TPSA) is 67.0 Å². The van der Waals surface area contributed by atoms with E-state index in [1.807, 2.05) is 25.1 Å². The van der Waals surface area contributed by atoms with E-state index in [4.69, 9.17) is 4.74 Å². The molecule has 140 valence electrons. The molecule has 27 heavy (non-hydrogen) atoms. The average molecular weight is 363 g/mol. The molecule has 0 atom stereocenters. The summed E-state index contributed by atoms with van der Waals surface area (Å²) in [6.45, 7) is 6.17. The minimum atomic E-state index is -0.133. The van der Waals surface area contributed by atoms with E-state index < -0.39 is 0 Å². The van der Waals surface area contributed by atoms with Crippen molar-refractivity contribution in [1.29, 1.82) is 0 Å². The number of hydrogen-bond acceptors (Lipinski definition) is 3. The summed E-state index contributed by atoms with van der Waals surface area (Å²) in [5.41, 5.74) is 4.91. The average Bonchev–Trinajstić information content (AvgIpc) is 3.10. The van der Waals surface area contributed by atoms with Gasteiger partial charge in [0.2, 0.25) is 0 Å². The van der Waals surface area contributed by atoms with E-state index in [2.05, 4.69) is 46.7 Å². The molecule has 4 rings (SSSR count).